The fourth-order valence-electron chi connectivity index (χ4n) is 1.79. The van der Waals surface area contributed by atoms with E-state index in [1.54, 1.807) is 24.3 Å². The second-order valence-electron chi connectivity index (χ2n) is 4.12. The number of anilines is 1. The van der Waals surface area contributed by atoms with E-state index in [2.05, 4.69) is 21.2 Å². The molecule has 2 aromatic rings. The first-order valence-corrected chi connectivity index (χ1v) is 6.56. The van der Waals surface area contributed by atoms with Crippen LogP contribution in [0.2, 0.25) is 0 Å². The van der Waals surface area contributed by atoms with Crippen molar-refractivity contribution in [3.05, 3.63) is 64.1 Å². The Hall–Kier alpha value is -1.46. The van der Waals surface area contributed by atoms with Crippen LogP contribution in [0.15, 0.2) is 46.9 Å². The van der Waals surface area contributed by atoms with Gasteiger partial charge in [0.2, 0.25) is 0 Å². The highest BCUT2D eigenvalue weighted by molar-refractivity contribution is 9.10. The van der Waals surface area contributed by atoms with Gasteiger partial charge in [0, 0.05) is 12.2 Å². The zero-order valence-corrected chi connectivity index (χ0v) is 11.6. The van der Waals surface area contributed by atoms with Crippen molar-refractivity contribution in [2.75, 3.05) is 11.9 Å². The molecule has 0 saturated carbocycles. The van der Waals surface area contributed by atoms with Crippen LogP contribution in [-0.2, 0) is 0 Å². The Balaban J connectivity index is 2.21. The van der Waals surface area contributed by atoms with Crippen molar-refractivity contribution in [2.45, 2.75) is 6.04 Å². The maximum Gasteiger partial charge on any atom is 0.137 e. The Morgan fingerprint density at radius 3 is 2.58 bits per heavy atom. The van der Waals surface area contributed by atoms with Gasteiger partial charge in [-0.3, -0.25) is 0 Å². The molecular weight excluding hydrogens is 314 g/mol. The first-order valence-electron chi connectivity index (χ1n) is 5.77. The Morgan fingerprint density at radius 2 is 1.95 bits per heavy atom. The van der Waals surface area contributed by atoms with E-state index < -0.39 is 0 Å². The highest BCUT2D eigenvalue weighted by Gasteiger charge is 2.11. The van der Waals surface area contributed by atoms with Gasteiger partial charge in [-0.15, -0.1) is 0 Å². The van der Waals surface area contributed by atoms with E-state index in [1.807, 2.05) is 0 Å². The first-order chi connectivity index (χ1) is 9.10. The third kappa shape index (κ3) is 3.52. The van der Waals surface area contributed by atoms with Crippen LogP contribution in [0.4, 0.5) is 14.5 Å². The van der Waals surface area contributed by atoms with Crippen LogP contribution in [0.5, 0.6) is 0 Å². The smallest absolute Gasteiger partial charge is 0.137 e. The third-order valence-electron chi connectivity index (χ3n) is 2.75. The second kappa shape index (κ2) is 6.12. The van der Waals surface area contributed by atoms with Gasteiger partial charge in [0.15, 0.2) is 0 Å². The van der Waals surface area contributed by atoms with Crippen molar-refractivity contribution in [3.63, 3.8) is 0 Å². The van der Waals surface area contributed by atoms with Gasteiger partial charge in [-0.05, 0) is 51.8 Å². The largest absolute Gasteiger partial charge is 0.377 e. The molecule has 3 N–H and O–H groups in total. The molecular formula is C14H13BrF2N2. The van der Waals surface area contributed by atoms with Crippen LogP contribution in [0.1, 0.15) is 11.6 Å². The molecule has 5 heteroatoms. The molecule has 19 heavy (non-hydrogen) atoms. The molecule has 0 saturated heterocycles. The topological polar surface area (TPSA) is 38.0 Å². The molecule has 0 aliphatic carbocycles. The number of halogens is 3. The summed E-state index contributed by atoms with van der Waals surface area (Å²) in [5, 5.41) is 3.15. The minimum Gasteiger partial charge on any atom is -0.377 e. The van der Waals surface area contributed by atoms with Gasteiger partial charge < -0.3 is 11.1 Å². The van der Waals surface area contributed by atoms with Gasteiger partial charge in [-0.2, -0.15) is 0 Å². The summed E-state index contributed by atoms with van der Waals surface area (Å²) in [6.45, 7) is 0.304. The summed E-state index contributed by atoms with van der Waals surface area (Å²) < 4.78 is 26.7. The predicted molar refractivity (Wildman–Crippen MR) is 75.9 cm³/mol. The van der Waals surface area contributed by atoms with E-state index in [1.165, 1.54) is 18.2 Å². The third-order valence-corrected chi connectivity index (χ3v) is 3.35. The zero-order chi connectivity index (χ0) is 13.8. The summed E-state index contributed by atoms with van der Waals surface area (Å²) in [5.74, 6) is -0.640. The van der Waals surface area contributed by atoms with Gasteiger partial charge in [0.25, 0.3) is 0 Å². The molecule has 0 heterocycles. The Kier molecular flexibility index (Phi) is 4.50. The van der Waals surface area contributed by atoms with Gasteiger partial charge in [0.1, 0.15) is 11.6 Å². The van der Waals surface area contributed by atoms with Gasteiger partial charge in [0.05, 0.1) is 10.5 Å². The maximum absolute atomic E-state index is 13.2. The average molecular weight is 327 g/mol. The molecule has 2 aromatic carbocycles. The van der Waals surface area contributed by atoms with Crippen molar-refractivity contribution in [1.82, 2.24) is 0 Å². The van der Waals surface area contributed by atoms with E-state index in [0.29, 0.717) is 16.7 Å². The molecule has 0 fully saturated rings. The number of benzene rings is 2. The highest BCUT2D eigenvalue weighted by atomic mass is 79.9. The van der Waals surface area contributed by atoms with Crippen LogP contribution >= 0.6 is 15.9 Å². The molecule has 0 radical (unpaired) electrons. The maximum atomic E-state index is 13.2. The summed E-state index contributed by atoms with van der Waals surface area (Å²) in [7, 11) is 0. The average Bonchev–Trinajstić information content (AvgIpc) is 2.40. The lowest BCUT2D eigenvalue weighted by Crippen LogP contribution is -2.20. The lowest BCUT2D eigenvalue weighted by atomic mass is 10.1. The summed E-state index contributed by atoms with van der Waals surface area (Å²) >= 11 is 3.12. The van der Waals surface area contributed by atoms with Crippen molar-refractivity contribution in [3.8, 4) is 0 Å². The summed E-state index contributed by atoms with van der Waals surface area (Å²) in [5.41, 5.74) is 7.17. The fraction of sp³-hybridized carbons (Fsp3) is 0.143. The summed E-state index contributed by atoms with van der Waals surface area (Å²) in [6.07, 6.45) is 0. The normalized spacial score (nSPS) is 12.2. The molecule has 2 rings (SSSR count). The van der Waals surface area contributed by atoms with Crippen LogP contribution in [0, 0.1) is 11.6 Å². The van der Waals surface area contributed by atoms with Crippen LogP contribution < -0.4 is 11.1 Å². The van der Waals surface area contributed by atoms with Crippen LogP contribution in [-0.4, -0.2) is 6.54 Å². The number of nitrogens with two attached hydrogens (primary N) is 1. The minimum absolute atomic E-state index is 0.229. The standard InChI is InChI=1S/C14H13BrF2N2/c15-12-7-11(4-5-13(12)17)19-14(8-18)9-2-1-3-10(16)6-9/h1-7,14,19H,8,18H2. The van der Waals surface area contributed by atoms with E-state index in [9.17, 15) is 8.78 Å². The number of rotatable bonds is 4. The molecule has 0 amide bonds. The lowest BCUT2D eigenvalue weighted by Gasteiger charge is -2.19. The van der Waals surface area contributed by atoms with E-state index in [4.69, 9.17) is 5.73 Å². The minimum atomic E-state index is -0.333. The predicted octanol–water partition coefficient (Wildman–Crippen LogP) is 3.84. The van der Waals surface area contributed by atoms with Crippen molar-refractivity contribution < 1.29 is 8.78 Å². The van der Waals surface area contributed by atoms with Crippen molar-refractivity contribution >= 4 is 21.6 Å². The molecule has 1 atom stereocenters. The van der Waals surface area contributed by atoms with Gasteiger partial charge >= 0.3 is 0 Å². The molecule has 1 unspecified atom stereocenters. The van der Waals surface area contributed by atoms with E-state index in [0.717, 1.165) is 5.56 Å². The molecule has 2 nitrogen and oxygen atoms in total. The SMILES string of the molecule is NCC(Nc1ccc(F)c(Br)c1)c1cccc(F)c1. The molecule has 0 aliphatic heterocycles. The van der Waals surface area contributed by atoms with E-state index >= 15 is 0 Å². The Bertz CT molecular complexity index is 575. The summed E-state index contributed by atoms with van der Waals surface area (Å²) in [6, 6.07) is 10.6. The van der Waals surface area contributed by atoms with Crippen molar-refractivity contribution in [2.24, 2.45) is 5.73 Å². The Morgan fingerprint density at radius 1 is 1.16 bits per heavy atom. The molecule has 0 spiro atoms. The van der Waals surface area contributed by atoms with Crippen LogP contribution in [0.25, 0.3) is 0 Å². The quantitative estimate of drug-likeness (QED) is 0.895. The highest BCUT2D eigenvalue weighted by Crippen LogP contribution is 2.24. The first kappa shape index (κ1) is 14.0. The summed E-state index contributed by atoms with van der Waals surface area (Å²) in [4.78, 5) is 0. The van der Waals surface area contributed by atoms with Crippen molar-refractivity contribution in [1.29, 1.82) is 0 Å². The van der Waals surface area contributed by atoms with Crippen LogP contribution in [0.3, 0.4) is 0 Å². The number of hydrogen-bond donors (Lipinski definition) is 2. The molecule has 0 aliphatic rings. The molecule has 0 aromatic heterocycles. The molecule has 100 valence electrons. The lowest BCUT2D eigenvalue weighted by molar-refractivity contribution is 0.620. The second-order valence-corrected chi connectivity index (χ2v) is 4.97. The Labute approximate surface area is 118 Å². The number of nitrogens with one attached hydrogen (secondary N) is 1. The molecule has 0 bridgehead atoms. The monoisotopic (exact) mass is 326 g/mol. The van der Waals surface area contributed by atoms with E-state index in [-0.39, 0.29) is 17.7 Å². The fourth-order valence-corrected chi connectivity index (χ4v) is 2.17. The van der Waals surface area contributed by atoms with Gasteiger partial charge in [-0.25, -0.2) is 8.78 Å². The number of hydrogen-bond acceptors (Lipinski definition) is 2. The van der Waals surface area contributed by atoms with Gasteiger partial charge in [-0.1, -0.05) is 12.1 Å². The zero-order valence-electron chi connectivity index (χ0n) is 10.0.